The maximum Gasteiger partial charge on any atom is 0.347 e. The van der Waals surface area contributed by atoms with Crippen LogP contribution in [-0.4, -0.2) is 40.0 Å². The van der Waals surface area contributed by atoms with Gasteiger partial charge in [-0.25, -0.2) is 14.8 Å². The number of nitrogens with one attached hydrogen (secondary N) is 2. The molecule has 0 aliphatic carbocycles. The minimum absolute atomic E-state index is 0.0357. The van der Waals surface area contributed by atoms with Crippen LogP contribution in [0.2, 0.25) is 0 Å². The van der Waals surface area contributed by atoms with E-state index in [0.717, 1.165) is 28.7 Å². The highest BCUT2D eigenvalue weighted by Gasteiger charge is 2.27. The Labute approximate surface area is 224 Å². The number of anilines is 2. The summed E-state index contributed by atoms with van der Waals surface area (Å²) in [6.07, 6.45) is 3.43. The van der Waals surface area contributed by atoms with E-state index in [4.69, 9.17) is 14.1 Å². The molecule has 1 aliphatic heterocycles. The van der Waals surface area contributed by atoms with Crippen molar-refractivity contribution in [3.63, 3.8) is 0 Å². The van der Waals surface area contributed by atoms with Gasteiger partial charge in [0.2, 0.25) is 5.95 Å². The highest BCUT2D eigenvalue weighted by molar-refractivity contribution is 6.00. The minimum Gasteiger partial charge on any atom is -0.422 e. The standard InChI is InChI=1S/C30H29N5O4/c1-17(2)35-16-22(20-6-4-5-7-24(20)35)23-10-11-32-30(34-23)33-19-8-9-21-25(14-19)39-29(37)27(18(3)36)28(21)26-15-31-12-13-38-26/h4-11,14,16-17,26,31H,12-13,15H2,1-3H3,(H,32,33,34). The highest BCUT2D eigenvalue weighted by Crippen LogP contribution is 2.33. The molecule has 6 rings (SSSR count). The second-order valence-electron chi connectivity index (χ2n) is 9.96. The first-order valence-corrected chi connectivity index (χ1v) is 13.0. The van der Waals surface area contributed by atoms with Crippen molar-refractivity contribution in [3.05, 3.63) is 82.5 Å². The lowest BCUT2D eigenvalue weighted by Crippen LogP contribution is -2.35. The second-order valence-corrected chi connectivity index (χ2v) is 9.96. The molecule has 1 aliphatic rings. The molecular formula is C30H29N5O4. The summed E-state index contributed by atoms with van der Waals surface area (Å²) >= 11 is 0. The van der Waals surface area contributed by atoms with Gasteiger partial charge in [0.05, 0.1) is 18.4 Å². The first-order valence-electron chi connectivity index (χ1n) is 13.0. The van der Waals surface area contributed by atoms with Crippen LogP contribution >= 0.6 is 0 Å². The van der Waals surface area contributed by atoms with Crippen molar-refractivity contribution in [1.29, 1.82) is 0 Å². The van der Waals surface area contributed by atoms with Gasteiger partial charge in [0.25, 0.3) is 0 Å². The molecule has 9 nitrogen and oxygen atoms in total. The lowest BCUT2D eigenvalue weighted by molar-refractivity contribution is 0.0277. The van der Waals surface area contributed by atoms with Gasteiger partial charge in [0.1, 0.15) is 11.1 Å². The van der Waals surface area contributed by atoms with Gasteiger partial charge in [-0.15, -0.1) is 0 Å². The van der Waals surface area contributed by atoms with Crippen LogP contribution in [0.15, 0.2) is 70.1 Å². The molecule has 1 unspecified atom stereocenters. The Hall–Kier alpha value is -4.34. The zero-order chi connectivity index (χ0) is 27.1. The molecule has 0 bridgehead atoms. The molecular weight excluding hydrogens is 494 g/mol. The van der Waals surface area contributed by atoms with Gasteiger partial charge in [-0.3, -0.25) is 4.79 Å². The minimum atomic E-state index is -0.670. The Morgan fingerprint density at radius 2 is 2.00 bits per heavy atom. The molecule has 1 atom stereocenters. The summed E-state index contributed by atoms with van der Waals surface area (Å²) in [5.41, 5.74) is 3.91. The maximum absolute atomic E-state index is 12.9. The Kier molecular flexibility index (Phi) is 6.46. The van der Waals surface area contributed by atoms with Gasteiger partial charge < -0.3 is 24.4 Å². The predicted octanol–water partition coefficient (Wildman–Crippen LogP) is 5.39. The molecule has 0 spiro atoms. The maximum atomic E-state index is 12.9. The van der Waals surface area contributed by atoms with Crippen LogP contribution in [0.25, 0.3) is 33.1 Å². The normalized spacial score (nSPS) is 15.7. The summed E-state index contributed by atoms with van der Waals surface area (Å²) in [7, 11) is 0. The lowest BCUT2D eigenvalue weighted by Gasteiger charge is -2.26. The zero-order valence-electron chi connectivity index (χ0n) is 22.0. The van der Waals surface area contributed by atoms with Gasteiger partial charge in [-0.05, 0) is 45.0 Å². The predicted molar refractivity (Wildman–Crippen MR) is 151 cm³/mol. The van der Waals surface area contributed by atoms with Gasteiger partial charge in [-0.1, -0.05) is 18.2 Å². The number of rotatable bonds is 6. The van der Waals surface area contributed by atoms with E-state index in [-0.39, 0.29) is 11.3 Å². The smallest absolute Gasteiger partial charge is 0.347 e. The number of hydrogen-bond donors (Lipinski definition) is 2. The highest BCUT2D eigenvalue weighted by atomic mass is 16.5. The third kappa shape index (κ3) is 4.60. The van der Waals surface area contributed by atoms with Crippen molar-refractivity contribution in [2.45, 2.75) is 32.9 Å². The molecule has 2 aromatic carbocycles. The molecule has 3 aromatic heterocycles. The lowest BCUT2D eigenvalue weighted by atomic mass is 9.96. The van der Waals surface area contributed by atoms with Crippen LogP contribution in [0.3, 0.4) is 0 Å². The summed E-state index contributed by atoms with van der Waals surface area (Å²) in [6.45, 7) is 7.40. The Morgan fingerprint density at radius 3 is 2.77 bits per heavy atom. The van der Waals surface area contributed by atoms with Crippen molar-refractivity contribution < 1.29 is 13.9 Å². The summed E-state index contributed by atoms with van der Waals surface area (Å²) in [5, 5.41) is 8.29. The SMILES string of the molecule is CC(=O)c1c(C2CNCCO2)c2ccc(Nc3nccc(-c4cn(C(C)C)c5ccccc45)n3)cc2oc1=O. The number of fused-ring (bicyclic) bond motifs is 2. The Bertz CT molecular complexity index is 1770. The van der Waals surface area contributed by atoms with Crippen LogP contribution in [0.4, 0.5) is 11.6 Å². The van der Waals surface area contributed by atoms with E-state index in [0.29, 0.717) is 47.4 Å². The fraction of sp³-hybridized carbons (Fsp3) is 0.267. The molecule has 5 aromatic rings. The number of hydrogen-bond acceptors (Lipinski definition) is 8. The number of ether oxygens (including phenoxy) is 1. The summed E-state index contributed by atoms with van der Waals surface area (Å²) in [4.78, 5) is 34.4. The second kappa shape index (κ2) is 10.1. The summed E-state index contributed by atoms with van der Waals surface area (Å²) in [6, 6.07) is 15.9. The molecule has 0 saturated carbocycles. The molecule has 0 amide bonds. The monoisotopic (exact) mass is 523 g/mol. The van der Waals surface area contributed by atoms with Gasteiger partial charge in [-0.2, -0.15) is 0 Å². The van der Waals surface area contributed by atoms with Crippen LogP contribution in [0.5, 0.6) is 0 Å². The Morgan fingerprint density at radius 1 is 1.15 bits per heavy atom. The molecule has 4 heterocycles. The quantitative estimate of drug-likeness (QED) is 0.225. The largest absolute Gasteiger partial charge is 0.422 e. The molecule has 39 heavy (non-hydrogen) atoms. The average Bonchev–Trinajstić information content (AvgIpc) is 3.33. The van der Waals surface area contributed by atoms with Crippen molar-refractivity contribution in [2.75, 3.05) is 25.0 Å². The number of ketones is 1. The third-order valence-corrected chi connectivity index (χ3v) is 7.03. The van der Waals surface area contributed by atoms with Crippen LogP contribution < -0.4 is 16.3 Å². The molecule has 1 fully saturated rings. The van der Waals surface area contributed by atoms with E-state index in [1.807, 2.05) is 30.3 Å². The molecule has 1 saturated heterocycles. The van der Waals surface area contributed by atoms with Crippen LogP contribution in [0.1, 0.15) is 48.8 Å². The molecule has 198 valence electrons. The first kappa shape index (κ1) is 25.0. The topological polar surface area (TPSA) is 111 Å². The van der Waals surface area contributed by atoms with E-state index in [2.05, 4.69) is 52.4 Å². The number of morpholine rings is 1. The van der Waals surface area contributed by atoms with Gasteiger partial charge in [0, 0.05) is 70.7 Å². The van der Waals surface area contributed by atoms with Crippen LogP contribution in [0, 0.1) is 0 Å². The van der Waals surface area contributed by atoms with Gasteiger partial charge >= 0.3 is 5.63 Å². The van der Waals surface area contributed by atoms with Crippen molar-refractivity contribution in [1.82, 2.24) is 19.9 Å². The number of nitrogens with zero attached hydrogens (tertiary/aromatic N) is 3. The number of benzene rings is 2. The number of para-hydroxylation sites is 1. The fourth-order valence-corrected chi connectivity index (χ4v) is 5.26. The molecule has 9 heteroatoms. The van der Waals surface area contributed by atoms with Crippen molar-refractivity contribution in [3.8, 4) is 11.3 Å². The van der Waals surface area contributed by atoms with Crippen LogP contribution in [-0.2, 0) is 4.74 Å². The third-order valence-electron chi connectivity index (χ3n) is 7.03. The van der Waals surface area contributed by atoms with E-state index in [9.17, 15) is 9.59 Å². The van der Waals surface area contributed by atoms with E-state index >= 15 is 0 Å². The van der Waals surface area contributed by atoms with Crippen molar-refractivity contribution in [2.24, 2.45) is 0 Å². The fourth-order valence-electron chi connectivity index (χ4n) is 5.26. The number of carbonyl (C=O) groups excluding carboxylic acids is 1. The average molecular weight is 524 g/mol. The van der Waals surface area contributed by atoms with Gasteiger partial charge in [0.15, 0.2) is 5.78 Å². The number of aromatic nitrogens is 3. The van der Waals surface area contributed by atoms with E-state index in [1.54, 1.807) is 12.3 Å². The van der Waals surface area contributed by atoms with Crippen molar-refractivity contribution >= 4 is 39.3 Å². The molecule has 2 N–H and O–H groups in total. The van der Waals surface area contributed by atoms with E-state index < -0.39 is 11.7 Å². The number of carbonyl (C=O) groups is 1. The zero-order valence-corrected chi connectivity index (χ0v) is 22.0. The summed E-state index contributed by atoms with van der Waals surface area (Å²) < 4.78 is 13.7. The first-order chi connectivity index (χ1) is 18.9. The van der Waals surface area contributed by atoms with E-state index in [1.165, 1.54) is 6.92 Å². The molecule has 0 radical (unpaired) electrons. The Balaban J connectivity index is 1.38. The summed E-state index contributed by atoms with van der Waals surface area (Å²) in [5.74, 6) is 0.0667. The number of Topliss-reactive ketones (excluding diaryl/α,β-unsaturated/α-hetero) is 1.